The molecule has 2 aliphatic rings. The first kappa shape index (κ1) is 18.7. The van der Waals surface area contributed by atoms with Crippen LogP contribution in [0, 0.1) is 17.6 Å². The number of carbonyl (C=O) groups is 1. The van der Waals surface area contributed by atoms with Gasteiger partial charge in [0.05, 0.1) is 16.6 Å². The summed E-state index contributed by atoms with van der Waals surface area (Å²) in [5.41, 5.74) is 9.25. The van der Waals surface area contributed by atoms with Crippen LogP contribution in [0.1, 0.15) is 42.1 Å². The maximum atomic E-state index is 15.6. The second-order valence-electron chi connectivity index (χ2n) is 7.62. The molecule has 9 heteroatoms. The van der Waals surface area contributed by atoms with Crippen molar-refractivity contribution in [1.29, 1.82) is 0 Å². The molecule has 1 atom stereocenters. The molecule has 5 N–H and O–H groups in total. The quantitative estimate of drug-likeness (QED) is 0.687. The molecule has 0 radical (unpaired) electrons. The number of halogens is 2. The Morgan fingerprint density at radius 1 is 1.25 bits per heavy atom. The topological polar surface area (TPSA) is 115 Å². The van der Waals surface area contributed by atoms with Gasteiger partial charge in [-0.15, -0.1) is 0 Å². The largest absolute Gasteiger partial charge is 0.477 e. The maximum absolute atomic E-state index is 15.6. The first-order valence-electron chi connectivity index (χ1n) is 9.38. The molecule has 1 unspecified atom stereocenters. The lowest BCUT2D eigenvalue weighted by atomic mass is 9.97. The van der Waals surface area contributed by atoms with Gasteiger partial charge >= 0.3 is 5.97 Å². The standard InChI is InChI=1S/C19H22F2N4O3/c20-13-15(23)12-16(14(21)17(13)24-5-1-2-9(6-22)7-24)25(10-3-4-10)8-11(18(12)26)19(27)28/h8-10H,1-7,22-23H2,(H,27,28). The SMILES string of the molecule is NCC1CCCN(c2c(F)c(N)c3c(=O)c(C(=O)O)cn(C4CC4)c3c2F)C1. The number of piperidine rings is 1. The number of pyridine rings is 1. The Balaban J connectivity index is 2.02. The van der Waals surface area contributed by atoms with E-state index in [1.165, 1.54) is 4.57 Å². The Hall–Kier alpha value is -2.68. The number of nitrogens with two attached hydrogens (primary N) is 2. The van der Waals surface area contributed by atoms with Gasteiger partial charge in [0.25, 0.3) is 0 Å². The number of anilines is 2. The molecule has 1 saturated heterocycles. The number of aromatic nitrogens is 1. The average molecular weight is 392 g/mol. The van der Waals surface area contributed by atoms with Crippen molar-refractivity contribution in [3.63, 3.8) is 0 Å². The Labute approximate surface area is 159 Å². The van der Waals surface area contributed by atoms with Gasteiger partial charge < -0.3 is 26.0 Å². The van der Waals surface area contributed by atoms with Crippen LogP contribution in [0.15, 0.2) is 11.0 Å². The van der Waals surface area contributed by atoms with E-state index in [4.69, 9.17) is 11.5 Å². The van der Waals surface area contributed by atoms with Crippen molar-refractivity contribution >= 4 is 28.2 Å². The normalized spacial score (nSPS) is 20.0. The highest BCUT2D eigenvalue weighted by atomic mass is 19.1. The smallest absolute Gasteiger partial charge is 0.341 e. The van der Waals surface area contributed by atoms with Gasteiger partial charge in [-0.25, -0.2) is 13.6 Å². The summed E-state index contributed by atoms with van der Waals surface area (Å²) >= 11 is 0. The number of nitrogens with zero attached hydrogens (tertiary/aromatic N) is 2. The van der Waals surface area contributed by atoms with Crippen molar-refractivity contribution in [2.75, 3.05) is 30.3 Å². The van der Waals surface area contributed by atoms with E-state index in [1.807, 2.05) is 0 Å². The van der Waals surface area contributed by atoms with Crippen molar-refractivity contribution in [3.8, 4) is 0 Å². The van der Waals surface area contributed by atoms with Crippen LogP contribution in [0.2, 0.25) is 0 Å². The highest BCUT2D eigenvalue weighted by Crippen LogP contribution is 2.42. The lowest BCUT2D eigenvalue weighted by Gasteiger charge is -2.34. The van der Waals surface area contributed by atoms with E-state index in [2.05, 4.69) is 0 Å². The van der Waals surface area contributed by atoms with Crippen molar-refractivity contribution in [1.82, 2.24) is 4.57 Å². The van der Waals surface area contributed by atoms with E-state index in [1.54, 1.807) is 4.90 Å². The second kappa shape index (κ2) is 6.73. The molecule has 7 nitrogen and oxygen atoms in total. The van der Waals surface area contributed by atoms with Crippen LogP contribution in [-0.4, -0.2) is 35.3 Å². The van der Waals surface area contributed by atoms with Crippen LogP contribution in [0.25, 0.3) is 10.9 Å². The molecule has 1 saturated carbocycles. The molecule has 1 aliphatic carbocycles. The van der Waals surface area contributed by atoms with Gasteiger partial charge in [-0.05, 0) is 38.1 Å². The summed E-state index contributed by atoms with van der Waals surface area (Å²) in [6.07, 6.45) is 4.22. The summed E-state index contributed by atoms with van der Waals surface area (Å²) in [4.78, 5) is 25.7. The third-order valence-corrected chi connectivity index (χ3v) is 5.70. The highest BCUT2D eigenvalue weighted by Gasteiger charge is 2.33. The number of carboxylic acid groups (broad SMARTS) is 1. The van der Waals surface area contributed by atoms with E-state index < -0.39 is 39.7 Å². The molecule has 0 bridgehead atoms. The molecular weight excluding hydrogens is 370 g/mol. The van der Waals surface area contributed by atoms with Crippen LogP contribution in [0.4, 0.5) is 20.2 Å². The monoisotopic (exact) mass is 392 g/mol. The zero-order chi connectivity index (χ0) is 20.2. The third-order valence-electron chi connectivity index (χ3n) is 5.70. The van der Waals surface area contributed by atoms with Gasteiger partial charge in [0.2, 0.25) is 5.43 Å². The predicted octanol–water partition coefficient (Wildman–Crippen LogP) is 2.07. The van der Waals surface area contributed by atoms with Crippen LogP contribution in [0.3, 0.4) is 0 Å². The number of carboxylic acids is 1. The predicted molar refractivity (Wildman–Crippen MR) is 102 cm³/mol. The first-order chi connectivity index (χ1) is 13.3. The number of aromatic carboxylic acids is 1. The molecule has 1 aliphatic heterocycles. The molecule has 1 aromatic carbocycles. The Morgan fingerprint density at radius 3 is 2.57 bits per heavy atom. The minimum Gasteiger partial charge on any atom is -0.477 e. The number of hydrogen-bond donors (Lipinski definition) is 3. The minimum absolute atomic E-state index is 0.115. The number of benzene rings is 1. The fourth-order valence-electron chi connectivity index (χ4n) is 4.08. The molecule has 2 heterocycles. The Kier molecular flexibility index (Phi) is 4.49. The summed E-state index contributed by atoms with van der Waals surface area (Å²) in [7, 11) is 0. The molecule has 0 amide bonds. The molecule has 0 spiro atoms. The van der Waals surface area contributed by atoms with E-state index >= 15 is 8.78 Å². The summed E-state index contributed by atoms with van der Waals surface area (Å²) in [6, 6.07) is -0.133. The van der Waals surface area contributed by atoms with Crippen molar-refractivity contribution in [3.05, 3.63) is 33.6 Å². The number of fused-ring (bicyclic) bond motifs is 1. The molecule has 2 fully saturated rings. The van der Waals surface area contributed by atoms with Gasteiger partial charge in [0.15, 0.2) is 11.6 Å². The lowest BCUT2D eigenvalue weighted by molar-refractivity contribution is 0.0695. The number of nitrogen functional groups attached to an aromatic ring is 1. The van der Waals surface area contributed by atoms with Crippen molar-refractivity contribution in [2.24, 2.45) is 11.7 Å². The maximum Gasteiger partial charge on any atom is 0.341 e. The Bertz CT molecular complexity index is 1030. The molecular formula is C19H22F2N4O3. The fraction of sp³-hybridized carbons (Fsp3) is 0.474. The van der Waals surface area contributed by atoms with Crippen LogP contribution in [0.5, 0.6) is 0 Å². The summed E-state index contributed by atoms with van der Waals surface area (Å²) in [5.74, 6) is -3.23. The first-order valence-corrected chi connectivity index (χ1v) is 9.38. The van der Waals surface area contributed by atoms with Crippen LogP contribution >= 0.6 is 0 Å². The number of rotatable bonds is 4. The molecule has 28 heavy (non-hydrogen) atoms. The zero-order valence-electron chi connectivity index (χ0n) is 15.3. The van der Waals surface area contributed by atoms with Gasteiger partial charge in [0, 0.05) is 25.3 Å². The fourth-order valence-corrected chi connectivity index (χ4v) is 4.08. The van der Waals surface area contributed by atoms with Gasteiger partial charge in [-0.1, -0.05) is 0 Å². The van der Waals surface area contributed by atoms with Gasteiger partial charge in [-0.2, -0.15) is 0 Å². The van der Waals surface area contributed by atoms with E-state index in [0.717, 1.165) is 31.9 Å². The van der Waals surface area contributed by atoms with Crippen molar-refractivity contribution in [2.45, 2.75) is 31.7 Å². The van der Waals surface area contributed by atoms with E-state index in [9.17, 15) is 14.7 Å². The van der Waals surface area contributed by atoms with Crippen molar-refractivity contribution < 1.29 is 18.7 Å². The molecule has 2 aromatic rings. The van der Waals surface area contributed by atoms with Gasteiger partial charge in [-0.3, -0.25) is 4.79 Å². The average Bonchev–Trinajstić information content (AvgIpc) is 3.51. The van der Waals surface area contributed by atoms with E-state index in [-0.39, 0.29) is 23.2 Å². The van der Waals surface area contributed by atoms with Gasteiger partial charge in [0.1, 0.15) is 11.3 Å². The van der Waals surface area contributed by atoms with Crippen LogP contribution in [-0.2, 0) is 0 Å². The lowest BCUT2D eigenvalue weighted by Crippen LogP contribution is -2.39. The van der Waals surface area contributed by atoms with E-state index in [0.29, 0.717) is 19.6 Å². The molecule has 150 valence electrons. The summed E-state index contributed by atoms with van der Waals surface area (Å²) < 4.78 is 32.2. The Morgan fingerprint density at radius 2 is 1.96 bits per heavy atom. The highest BCUT2D eigenvalue weighted by molar-refractivity contribution is 5.99. The second-order valence-corrected chi connectivity index (χ2v) is 7.62. The zero-order valence-corrected chi connectivity index (χ0v) is 15.3. The summed E-state index contributed by atoms with van der Waals surface area (Å²) in [6.45, 7) is 1.27. The number of hydrogen-bond acceptors (Lipinski definition) is 5. The van der Waals surface area contributed by atoms with Crippen LogP contribution < -0.4 is 21.8 Å². The molecule has 4 rings (SSSR count). The minimum atomic E-state index is -1.45. The summed E-state index contributed by atoms with van der Waals surface area (Å²) in [5, 5.41) is 8.93. The third kappa shape index (κ3) is 2.81. The molecule has 1 aromatic heterocycles.